The standard InChI is InChI=1S/C10H20BrNO2S/c1-10(2,3)15(13,14)7-6-12-5-4-9(11)8-12/h9H,4-8H2,1-3H3. The molecule has 1 unspecified atom stereocenters. The minimum Gasteiger partial charge on any atom is -0.301 e. The van der Waals surface area contributed by atoms with Gasteiger partial charge in [0, 0.05) is 17.9 Å². The maximum atomic E-state index is 11.9. The summed E-state index contributed by atoms with van der Waals surface area (Å²) < 4.78 is 23.1. The zero-order chi connectivity index (χ0) is 11.7. The number of hydrogen-bond acceptors (Lipinski definition) is 3. The zero-order valence-electron chi connectivity index (χ0n) is 9.66. The van der Waals surface area contributed by atoms with Gasteiger partial charge in [-0.3, -0.25) is 0 Å². The molecule has 5 heteroatoms. The first-order valence-corrected chi connectivity index (χ1v) is 7.88. The van der Waals surface area contributed by atoms with Crippen LogP contribution in [-0.2, 0) is 9.84 Å². The molecule has 0 spiro atoms. The summed E-state index contributed by atoms with van der Waals surface area (Å²) in [6.07, 6.45) is 1.12. The molecule has 1 aliphatic rings. The number of alkyl halides is 1. The zero-order valence-corrected chi connectivity index (χ0v) is 12.1. The van der Waals surface area contributed by atoms with Crippen molar-refractivity contribution in [1.82, 2.24) is 4.90 Å². The Morgan fingerprint density at radius 3 is 2.40 bits per heavy atom. The van der Waals surface area contributed by atoms with Crippen LogP contribution in [0.3, 0.4) is 0 Å². The lowest BCUT2D eigenvalue weighted by atomic mass is 10.3. The molecule has 1 atom stereocenters. The molecule has 0 aromatic carbocycles. The topological polar surface area (TPSA) is 37.4 Å². The summed E-state index contributed by atoms with van der Waals surface area (Å²) in [5.74, 6) is 0.274. The second kappa shape index (κ2) is 4.72. The van der Waals surface area contributed by atoms with Crippen LogP contribution in [0.15, 0.2) is 0 Å². The van der Waals surface area contributed by atoms with Crippen LogP contribution in [-0.4, -0.2) is 48.3 Å². The van der Waals surface area contributed by atoms with Gasteiger partial charge in [-0.15, -0.1) is 0 Å². The highest BCUT2D eigenvalue weighted by Crippen LogP contribution is 2.19. The van der Waals surface area contributed by atoms with Crippen LogP contribution in [0, 0.1) is 0 Å². The van der Waals surface area contributed by atoms with E-state index in [1.807, 2.05) is 0 Å². The first kappa shape index (κ1) is 13.5. The molecule has 0 N–H and O–H groups in total. The van der Waals surface area contributed by atoms with Crippen molar-refractivity contribution in [2.75, 3.05) is 25.4 Å². The van der Waals surface area contributed by atoms with Gasteiger partial charge < -0.3 is 4.90 Å². The third-order valence-corrected chi connectivity index (χ3v) is 6.16. The second-order valence-corrected chi connectivity index (χ2v) is 9.28. The van der Waals surface area contributed by atoms with E-state index in [1.54, 1.807) is 20.8 Å². The van der Waals surface area contributed by atoms with Gasteiger partial charge in [-0.25, -0.2) is 8.42 Å². The molecule has 0 radical (unpaired) electrons. The SMILES string of the molecule is CC(C)(C)S(=O)(=O)CCN1CCC(Br)C1. The maximum absolute atomic E-state index is 11.9. The summed E-state index contributed by atoms with van der Waals surface area (Å²) in [7, 11) is -2.96. The van der Waals surface area contributed by atoms with E-state index in [0.717, 1.165) is 19.5 Å². The van der Waals surface area contributed by atoms with Gasteiger partial charge in [-0.1, -0.05) is 15.9 Å². The number of halogens is 1. The molecule has 1 fully saturated rings. The van der Waals surface area contributed by atoms with Gasteiger partial charge in [0.15, 0.2) is 9.84 Å². The molecule has 3 nitrogen and oxygen atoms in total. The smallest absolute Gasteiger partial charge is 0.156 e. The minimum absolute atomic E-state index is 0.274. The fourth-order valence-corrected chi connectivity index (χ4v) is 3.27. The Balaban J connectivity index is 2.44. The van der Waals surface area contributed by atoms with Gasteiger partial charge in [0.25, 0.3) is 0 Å². The quantitative estimate of drug-likeness (QED) is 0.744. The van der Waals surface area contributed by atoms with Gasteiger partial charge in [0.1, 0.15) is 0 Å². The van der Waals surface area contributed by atoms with E-state index in [4.69, 9.17) is 0 Å². The van der Waals surface area contributed by atoms with Crippen LogP contribution in [0.2, 0.25) is 0 Å². The molecule has 0 aromatic rings. The third-order valence-electron chi connectivity index (χ3n) is 2.82. The Labute approximate surface area is 101 Å². The minimum atomic E-state index is -2.96. The monoisotopic (exact) mass is 297 g/mol. The van der Waals surface area contributed by atoms with Crippen molar-refractivity contribution in [1.29, 1.82) is 0 Å². The summed E-state index contributed by atoms with van der Waals surface area (Å²) in [6.45, 7) is 7.94. The molecule has 90 valence electrons. The van der Waals surface area contributed by atoms with Gasteiger partial charge in [0.05, 0.1) is 10.5 Å². The van der Waals surface area contributed by atoms with Crippen LogP contribution >= 0.6 is 15.9 Å². The van der Waals surface area contributed by atoms with E-state index in [0.29, 0.717) is 11.4 Å². The molecule has 1 saturated heterocycles. The summed E-state index contributed by atoms with van der Waals surface area (Å²) in [5, 5.41) is 0. The van der Waals surface area contributed by atoms with Crippen LogP contribution in [0.25, 0.3) is 0 Å². The Morgan fingerprint density at radius 2 is 2.00 bits per heavy atom. The van der Waals surface area contributed by atoms with Crippen molar-refractivity contribution in [2.24, 2.45) is 0 Å². The normalized spacial score (nSPS) is 24.7. The third kappa shape index (κ3) is 3.71. The molecule has 1 heterocycles. The van der Waals surface area contributed by atoms with Crippen molar-refractivity contribution >= 4 is 25.8 Å². The average molecular weight is 298 g/mol. The molecule has 1 aliphatic heterocycles. The molecule has 0 bridgehead atoms. The lowest BCUT2D eigenvalue weighted by molar-refractivity contribution is 0.359. The van der Waals surface area contributed by atoms with Crippen molar-refractivity contribution in [3.63, 3.8) is 0 Å². The molecular weight excluding hydrogens is 278 g/mol. The lowest BCUT2D eigenvalue weighted by Crippen LogP contribution is -2.36. The van der Waals surface area contributed by atoms with E-state index in [9.17, 15) is 8.42 Å². The number of sulfone groups is 1. The Bertz CT molecular complexity index is 308. The van der Waals surface area contributed by atoms with Crippen LogP contribution in [0.1, 0.15) is 27.2 Å². The van der Waals surface area contributed by atoms with Crippen molar-refractivity contribution < 1.29 is 8.42 Å². The number of rotatable bonds is 3. The average Bonchev–Trinajstić information content (AvgIpc) is 2.46. The summed E-state index contributed by atoms with van der Waals surface area (Å²) in [4.78, 5) is 2.75. The van der Waals surface area contributed by atoms with E-state index < -0.39 is 14.6 Å². The molecule has 0 aromatic heterocycles. The number of nitrogens with zero attached hydrogens (tertiary/aromatic N) is 1. The fraction of sp³-hybridized carbons (Fsp3) is 1.00. The largest absolute Gasteiger partial charge is 0.301 e. The van der Waals surface area contributed by atoms with E-state index in [-0.39, 0.29) is 5.75 Å². The van der Waals surface area contributed by atoms with E-state index in [1.165, 1.54) is 0 Å². The molecule has 1 rings (SSSR count). The second-order valence-electron chi connectivity index (χ2n) is 5.12. The highest BCUT2D eigenvalue weighted by atomic mass is 79.9. The fourth-order valence-electron chi connectivity index (χ4n) is 1.54. The van der Waals surface area contributed by atoms with Crippen LogP contribution in [0.5, 0.6) is 0 Å². The van der Waals surface area contributed by atoms with Crippen molar-refractivity contribution in [3.8, 4) is 0 Å². The Kier molecular flexibility index (Phi) is 4.23. The van der Waals surface area contributed by atoms with Gasteiger partial charge in [-0.2, -0.15) is 0 Å². The molecule has 0 aliphatic carbocycles. The molecule has 0 saturated carbocycles. The van der Waals surface area contributed by atoms with Gasteiger partial charge in [0.2, 0.25) is 0 Å². The molecular formula is C10H20BrNO2S. The lowest BCUT2D eigenvalue weighted by Gasteiger charge is -2.21. The number of hydrogen-bond donors (Lipinski definition) is 0. The van der Waals surface area contributed by atoms with Crippen LogP contribution < -0.4 is 0 Å². The van der Waals surface area contributed by atoms with Gasteiger partial charge >= 0.3 is 0 Å². The maximum Gasteiger partial charge on any atom is 0.156 e. The summed E-state index contributed by atoms with van der Waals surface area (Å²) in [5.41, 5.74) is 0. The van der Waals surface area contributed by atoms with E-state index in [2.05, 4.69) is 20.8 Å². The van der Waals surface area contributed by atoms with Crippen molar-refractivity contribution in [2.45, 2.75) is 36.8 Å². The van der Waals surface area contributed by atoms with Crippen molar-refractivity contribution in [3.05, 3.63) is 0 Å². The Hall–Kier alpha value is 0.390. The molecule has 0 amide bonds. The highest BCUT2D eigenvalue weighted by molar-refractivity contribution is 9.09. The highest BCUT2D eigenvalue weighted by Gasteiger charge is 2.30. The van der Waals surface area contributed by atoms with Gasteiger partial charge in [-0.05, 0) is 33.7 Å². The molecule has 15 heavy (non-hydrogen) atoms. The first-order valence-electron chi connectivity index (χ1n) is 5.31. The summed E-state index contributed by atoms with van der Waals surface area (Å²) >= 11 is 3.55. The predicted molar refractivity (Wildman–Crippen MR) is 67.3 cm³/mol. The summed E-state index contributed by atoms with van der Waals surface area (Å²) in [6, 6.07) is 0. The Morgan fingerprint density at radius 1 is 1.40 bits per heavy atom. The van der Waals surface area contributed by atoms with Crippen LogP contribution in [0.4, 0.5) is 0 Å². The van der Waals surface area contributed by atoms with E-state index >= 15 is 0 Å². The number of likely N-dealkylation sites (tertiary alicyclic amines) is 1. The predicted octanol–water partition coefficient (Wildman–Crippen LogP) is 1.67. The first-order chi connectivity index (χ1) is 6.72.